The Morgan fingerprint density at radius 1 is 1.52 bits per heavy atom. The molecular formula is C17H24N2O2. The van der Waals surface area contributed by atoms with Crippen LogP contribution < -0.4 is 0 Å². The lowest BCUT2D eigenvalue weighted by Gasteiger charge is -2.43. The van der Waals surface area contributed by atoms with Crippen LogP contribution in [0.15, 0.2) is 24.3 Å². The van der Waals surface area contributed by atoms with Gasteiger partial charge in [0, 0.05) is 33.4 Å². The first kappa shape index (κ1) is 16.0. The van der Waals surface area contributed by atoms with Crippen LogP contribution in [0.1, 0.15) is 30.9 Å². The van der Waals surface area contributed by atoms with Crippen LogP contribution in [-0.2, 0) is 11.3 Å². The number of aliphatic hydroxyl groups is 1. The number of hydrogen-bond donors (Lipinski definition) is 1. The summed E-state index contributed by atoms with van der Waals surface area (Å²) in [7, 11) is 1.67. The van der Waals surface area contributed by atoms with E-state index in [9.17, 15) is 5.11 Å². The number of piperidine rings is 1. The lowest BCUT2D eigenvalue weighted by Crippen LogP contribution is -2.51. The fourth-order valence-electron chi connectivity index (χ4n) is 3.04. The van der Waals surface area contributed by atoms with Crippen molar-refractivity contribution < 1.29 is 9.84 Å². The molecule has 0 spiro atoms. The summed E-state index contributed by atoms with van der Waals surface area (Å²) in [6, 6.07) is 9.92. The summed E-state index contributed by atoms with van der Waals surface area (Å²) in [6.45, 7) is 5.29. The van der Waals surface area contributed by atoms with Gasteiger partial charge in [0.1, 0.15) is 0 Å². The summed E-state index contributed by atoms with van der Waals surface area (Å²) in [5.41, 5.74) is 1.25. The molecule has 114 valence electrons. The van der Waals surface area contributed by atoms with Crippen molar-refractivity contribution in [3.05, 3.63) is 35.4 Å². The maximum absolute atomic E-state index is 10.7. The van der Waals surface area contributed by atoms with Crippen LogP contribution in [-0.4, -0.2) is 42.4 Å². The minimum atomic E-state index is -0.610. The van der Waals surface area contributed by atoms with Gasteiger partial charge in [-0.1, -0.05) is 19.1 Å². The Morgan fingerprint density at radius 2 is 2.33 bits per heavy atom. The highest BCUT2D eigenvalue weighted by Crippen LogP contribution is 2.31. The van der Waals surface area contributed by atoms with Crippen molar-refractivity contribution >= 4 is 0 Å². The molecule has 2 rings (SSSR count). The van der Waals surface area contributed by atoms with Crippen LogP contribution in [0.2, 0.25) is 0 Å². The molecule has 0 radical (unpaired) electrons. The van der Waals surface area contributed by atoms with Crippen molar-refractivity contribution in [1.82, 2.24) is 4.90 Å². The van der Waals surface area contributed by atoms with Gasteiger partial charge < -0.3 is 9.84 Å². The summed E-state index contributed by atoms with van der Waals surface area (Å²) in [5, 5.41) is 19.6. The van der Waals surface area contributed by atoms with E-state index >= 15 is 0 Å². The summed E-state index contributed by atoms with van der Waals surface area (Å²) in [4.78, 5) is 2.35. The summed E-state index contributed by atoms with van der Waals surface area (Å²) in [6.07, 6.45) is 1.47. The molecule has 0 unspecified atom stereocenters. The average molecular weight is 288 g/mol. The second-order valence-corrected chi connectivity index (χ2v) is 6.04. The number of hydrogen-bond acceptors (Lipinski definition) is 4. The third-order valence-corrected chi connectivity index (χ3v) is 4.51. The molecule has 0 aromatic heterocycles. The SMILES string of the molecule is COCC[C@@]1(O)CCN(Cc2cccc(C#N)c2)C[C@@H]1C. The lowest BCUT2D eigenvalue weighted by atomic mass is 9.80. The molecule has 1 heterocycles. The monoisotopic (exact) mass is 288 g/mol. The predicted molar refractivity (Wildman–Crippen MR) is 81.7 cm³/mol. The van der Waals surface area contributed by atoms with Gasteiger partial charge in [-0.25, -0.2) is 0 Å². The molecule has 1 aromatic rings. The van der Waals surface area contributed by atoms with E-state index in [0.717, 1.165) is 31.6 Å². The fraction of sp³-hybridized carbons (Fsp3) is 0.588. The predicted octanol–water partition coefficient (Wildman–Crippen LogP) is 2.17. The Labute approximate surface area is 127 Å². The summed E-state index contributed by atoms with van der Waals surface area (Å²) < 4.78 is 5.10. The van der Waals surface area contributed by atoms with Gasteiger partial charge >= 0.3 is 0 Å². The Morgan fingerprint density at radius 3 is 3.00 bits per heavy atom. The van der Waals surface area contributed by atoms with Gasteiger partial charge in [-0.05, 0) is 36.5 Å². The van der Waals surface area contributed by atoms with E-state index in [0.29, 0.717) is 18.6 Å². The molecule has 21 heavy (non-hydrogen) atoms. The van der Waals surface area contributed by atoms with E-state index in [1.165, 1.54) is 0 Å². The van der Waals surface area contributed by atoms with Crippen molar-refractivity contribution in [1.29, 1.82) is 5.26 Å². The van der Waals surface area contributed by atoms with Gasteiger partial charge in [-0.2, -0.15) is 5.26 Å². The standard InChI is InChI=1S/C17H24N2O2/c1-14-12-19(8-6-17(14,20)7-9-21-2)13-16-5-3-4-15(10-16)11-18/h3-5,10,14,20H,6-9,12-13H2,1-2H3/t14-,17-/m0/s1. The van der Waals surface area contributed by atoms with Crippen molar-refractivity contribution in [3.8, 4) is 6.07 Å². The Kier molecular flexibility index (Phi) is 5.35. The minimum Gasteiger partial charge on any atom is -0.389 e. The van der Waals surface area contributed by atoms with Crippen LogP contribution in [0, 0.1) is 17.2 Å². The molecule has 2 atom stereocenters. The number of methoxy groups -OCH3 is 1. The van der Waals surface area contributed by atoms with Gasteiger partial charge in [0.05, 0.1) is 17.2 Å². The van der Waals surface area contributed by atoms with Crippen molar-refractivity contribution in [2.45, 2.75) is 31.9 Å². The molecule has 0 bridgehead atoms. The van der Waals surface area contributed by atoms with E-state index in [2.05, 4.69) is 24.0 Å². The molecular weight excluding hydrogens is 264 g/mol. The summed E-state index contributed by atoms with van der Waals surface area (Å²) in [5.74, 6) is 0.223. The molecule has 1 N–H and O–H groups in total. The molecule has 0 aliphatic carbocycles. The van der Waals surface area contributed by atoms with Gasteiger partial charge in [-0.15, -0.1) is 0 Å². The number of likely N-dealkylation sites (tertiary alicyclic amines) is 1. The topological polar surface area (TPSA) is 56.5 Å². The van der Waals surface area contributed by atoms with Gasteiger partial charge in [0.15, 0.2) is 0 Å². The third-order valence-electron chi connectivity index (χ3n) is 4.51. The zero-order valence-electron chi connectivity index (χ0n) is 12.9. The van der Waals surface area contributed by atoms with Crippen LogP contribution in [0.25, 0.3) is 0 Å². The smallest absolute Gasteiger partial charge is 0.0991 e. The lowest BCUT2D eigenvalue weighted by molar-refractivity contribution is -0.0827. The maximum atomic E-state index is 10.7. The second-order valence-electron chi connectivity index (χ2n) is 6.04. The van der Waals surface area contributed by atoms with Crippen LogP contribution in [0.5, 0.6) is 0 Å². The number of benzene rings is 1. The van der Waals surface area contributed by atoms with Crippen molar-refractivity contribution in [3.63, 3.8) is 0 Å². The molecule has 1 fully saturated rings. The highest BCUT2D eigenvalue weighted by molar-refractivity contribution is 5.32. The van der Waals surface area contributed by atoms with Gasteiger partial charge in [0.25, 0.3) is 0 Å². The molecule has 4 nitrogen and oxygen atoms in total. The van der Waals surface area contributed by atoms with E-state index in [4.69, 9.17) is 10.00 Å². The summed E-state index contributed by atoms with van der Waals surface area (Å²) >= 11 is 0. The second kappa shape index (κ2) is 7.04. The van der Waals surface area contributed by atoms with E-state index in [1.807, 2.05) is 18.2 Å². The number of nitriles is 1. The highest BCUT2D eigenvalue weighted by Gasteiger charge is 2.38. The first-order chi connectivity index (χ1) is 10.1. The van der Waals surface area contributed by atoms with E-state index in [-0.39, 0.29) is 5.92 Å². The normalized spacial score (nSPS) is 26.5. The molecule has 1 aliphatic heterocycles. The van der Waals surface area contributed by atoms with E-state index < -0.39 is 5.60 Å². The molecule has 4 heteroatoms. The first-order valence-electron chi connectivity index (χ1n) is 7.50. The zero-order chi connectivity index (χ0) is 15.3. The molecule has 1 saturated heterocycles. The number of nitrogens with zero attached hydrogens (tertiary/aromatic N) is 2. The molecule has 0 saturated carbocycles. The molecule has 1 aliphatic rings. The first-order valence-corrected chi connectivity index (χ1v) is 7.50. The van der Waals surface area contributed by atoms with Crippen molar-refractivity contribution in [2.24, 2.45) is 5.92 Å². The Hall–Kier alpha value is -1.41. The van der Waals surface area contributed by atoms with Gasteiger partial charge in [0.2, 0.25) is 0 Å². The Bertz CT molecular complexity index is 512. The zero-order valence-corrected chi connectivity index (χ0v) is 12.9. The maximum Gasteiger partial charge on any atom is 0.0991 e. The number of ether oxygens (including phenoxy) is 1. The van der Waals surface area contributed by atoms with Crippen molar-refractivity contribution in [2.75, 3.05) is 26.8 Å². The average Bonchev–Trinajstić information content (AvgIpc) is 2.49. The minimum absolute atomic E-state index is 0.223. The van der Waals surface area contributed by atoms with Gasteiger partial charge in [-0.3, -0.25) is 4.90 Å². The van der Waals surface area contributed by atoms with Crippen LogP contribution in [0.4, 0.5) is 0 Å². The number of rotatable bonds is 5. The quantitative estimate of drug-likeness (QED) is 0.902. The third kappa shape index (κ3) is 4.04. The molecule has 0 amide bonds. The van der Waals surface area contributed by atoms with E-state index in [1.54, 1.807) is 7.11 Å². The largest absolute Gasteiger partial charge is 0.389 e. The fourth-order valence-corrected chi connectivity index (χ4v) is 3.04. The van der Waals surface area contributed by atoms with Crippen LogP contribution in [0.3, 0.4) is 0 Å². The molecule has 1 aromatic carbocycles. The Balaban J connectivity index is 1.94. The highest BCUT2D eigenvalue weighted by atomic mass is 16.5. The van der Waals surface area contributed by atoms with Crippen LogP contribution >= 0.6 is 0 Å².